The van der Waals surface area contributed by atoms with Crippen LogP contribution in [0.3, 0.4) is 0 Å². The lowest BCUT2D eigenvalue weighted by molar-refractivity contribution is 0.0686. The Balaban J connectivity index is 2.00. The molecule has 0 aliphatic carbocycles. The minimum absolute atomic E-state index is 0.172. The Labute approximate surface area is 229 Å². The number of carbonyl (C=O) groups is 2. The first-order valence-corrected chi connectivity index (χ1v) is 12.3. The number of methoxy groups -OCH3 is 4. The molecule has 5 rings (SSSR count). The third-order valence-corrected chi connectivity index (χ3v) is 6.97. The third kappa shape index (κ3) is 4.39. The lowest BCUT2D eigenvalue weighted by Gasteiger charge is -2.21. The molecule has 0 saturated heterocycles. The number of hydrogen-bond acceptors (Lipinski definition) is 6. The van der Waals surface area contributed by atoms with Gasteiger partial charge in [0.1, 0.15) is 0 Å². The molecule has 0 spiro atoms. The van der Waals surface area contributed by atoms with Crippen LogP contribution < -0.4 is 18.9 Å². The molecule has 0 radical (unpaired) electrons. The molecule has 2 N–H and O–H groups in total. The summed E-state index contributed by atoms with van der Waals surface area (Å²) in [7, 11) is 6.24. The molecule has 5 aromatic rings. The fourth-order valence-corrected chi connectivity index (χ4v) is 5.06. The fourth-order valence-electron chi connectivity index (χ4n) is 5.06. The quantitative estimate of drug-likeness (QED) is 0.209. The number of fused-ring (bicyclic) bond motifs is 2. The van der Waals surface area contributed by atoms with Crippen LogP contribution in [0.2, 0.25) is 0 Å². The molecule has 0 fully saturated rings. The van der Waals surface area contributed by atoms with Crippen LogP contribution in [0.1, 0.15) is 20.7 Å². The van der Waals surface area contributed by atoms with Crippen molar-refractivity contribution in [2.45, 2.75) is 0 Å². The zero-order valence-corrected chi connectivity index (χ0v) is 22.3. The molecule has 0 aromatic heterocycles. The van der Waals surface area contributed by atoms with E-state index in [1.165, 1.54) is 0 Å². The van der Waals surface area contributed by atoms with Crippen molar-refractivity contribution < 1.29 is 38.7 Å². The molecule has 0 bridgehead atoms. The zero-order chi connectivity index (χ0) is 28.6. The van der Waals surface area contributed by atoms with E-state index >= 15 is 0 Å². The molecule has 0 aliphatic heterocycles. The molecule has 8 heteroatoms. The van der Waals surface area contributed by atoms with Gasteiger partial charge in [-0.15, -0.1) is 0 Å². The van der Waals surface area contributed by atoms with Gasteiger partial charge in [-0.05, 0) is 92.3 Å². The van der Waals surface area contributed by atoms with Gasteiger partial charge in [0.15, 0.2) is 23.0 Å². The lowest BCUT2D eigenvalue weighted by Crippen LogP contribution is -1.99. The van der Waals surface area contributed by atoms with Crippen molar-refractivity contribution in [1.82, 2.24) is 0 Å². The zero-order valence-electron chi connectivity index (χ0n) is 22.3. The second-order valence-corrected chi connectivity index (χ2v) is 9.02. The van der Waals surface area contributed by atoms with E-state index in [1.54, 1.807) is 77.0 Å². The summed E-state index contributed by atoms with van der Waals surface area (Å²) in [6.07, 6.45) is 0. The number of rotatable bonds is 8. The highest BCUT2D eigenvalue weighted by molar-refractivity contribution is 6.22. The molecule has 40 heavy (non-hydrogen) atoms. The molecular formula is C32H26O8. The van der Waals surface area contributed by atoms with Crippen LogP contribution in [0.5, 0.6) is 23.0 Å². The maximum atomic E-state index is 11.6. The van der Waals surface area contributed by atoms with Crippen LogP contribution in [0.15, 0.2) is 72.8 Å². The maximum absolute atomic E-state index is 11.6. The standard InChI is InChI=1S/C32H26O8/c1-37-25-13-21-22(14-26(25)38-2)30(18-7-11-20(12-8-18)32(35)36)24-16-28(40-4)27(39-3)15-23(24)29(21)17-5-9-19(10-6-17)31(33)34/h5-16H,1-4H3,(H,33,34)(H,35,36). The van der Waals surface area contributed by atoms with E-state index < -0.39 is 11.9 Å². The van der Waals surface area contributed by atoms with Crippen molar-refractivity contribution in [3.05, 3.63) is 83.9 Å². The van der Waals surface area contributed by atoms with Crippen LogP contribution in [0, 0.1) is 0 Å². The molecule has 0 atom stereocenters. The van der Waals surface area contributed by atoms with E-state index in [9.17, 15) is 19.8 Å². The average molecular weight is 539 g/mol. The summed E-state index contributed by atoms with van der Waals surface area (Å²) < 4.78 is 22.6. The Morgan fingerprint density at radius 3 is 0.925 bits per heavy atom. The number of ether oxygens (including phenoxy) is 4. The summed E-state index contributed by atoms with van der Waals surface area (Å²) in [5.74, 6) is 0.0464. The average Bonchev–Trinajstić information content (AvgIpc) is 2.98. The van der Waals surface area contributed by atoms with E-state index in [0.717, 1.165) is 43.8 Å². The van der Waals surface area contributed by atoms with Gasteiger partial charge in [0, 0.05) is 0 Å². The van der Waals surface area contributed by atoms with Crippen LogP contribution in [-0.2, 0) is 0 Å². The van der Waals surface area contributed by atoms with Crippen molar-refractivity contribution in [1.29, 1.82) is 0 Å². The summed E-state index contributed by atoms with van der Waals surface area (Å²) in [6.45, 7) is 0. The van der Waals surface area contributed by atoms with Crippen LogP contribution >= 0.6 is 0 Å². The monoisotopic (exact) mass is 538 g/mol. The van der Waals surface area contributed by atoms with Crippen molar-refractivity contribution in [2.24, 2.45) is 0 Å². The van der Waals surface area contributed by atoms with E-state index in [2.05, 4.69) is 0 Å². The second-order valence-electron chi connectivity index (χ2n) is 9.02. The first kappa shape index (κ1) is 26.4. The van der Waals surface area contributed by atoms with Crippen LogP contribution in [-0.4, -0.2) is 50.6 Å². The Bertz CT molecular complexity index is 1570. The molecule has 202 valence electrons. The highest BCUT2D eigenvalue weighted by Gasteiger charge is 2.22. The third-order valence-electron chi connectivity index (χ3n) is 6.97. The number of aromatic carboxylic acids is 2. The fraction of sp³-hybridized carbons (Fsp3) is 0.125. The molecule has 5 aromatic carbocycles. The minimum atomic E-state index is -1.01. The minimum Gasteiger partial charge on any atom is -0.493 e. The largest absolute Gasteiger partial charge is 0.493 e. The van der Waals surface area contributed by atoms with Gasteiger partial charge >= 0.3 is 11.9 Å². The van der Waals surface area contributed by atoms with Gasteiger partial charge in [0.05, 0.1) is 39.6 Å². The van der Waals surface area contributed by atoms with Crippen LogP contribution in [0.25, 0.3) is 43.8 Å². The van der Waals surface area contributed by atoms with Gasteiger partial charge in [-0.3, -0.25) is 0 Å². The molecular weight excluding hydrogens is 512 g/mol. The normalized spacial score (nSPS) is 10.9. The summed E-state index contributed by atoms with van der Waals surface area (Å²) >= 11 is 0. The Kier molecular flexibility index (Phi) is 6.92. The Hall–Kier alpha value is -5.24. The van der Waals surface area contributed by atoms with Gasteiger partial charge in [0.25, 0.3) is 0 Å². The summed E-state index contributed by atoms with van der Waals surface area (Å²) in [4.78, 5) is 23.1. The van der Waals surface area contributed by atoms with Gasteiger partial charge in [-0.1, -0.05) is 24.3 Å². The highest BCUT2D eigenvalue weighted by Crippen LogP contribution is 2.49. The van der Waals surface area contributed by atoms with E-state index in [-0.39, 0.29) is 11.1 Å². The van der Waals surface area contributed by atoms with Crippen molar-refractivity contribution in [3.8, 4) is 45.3 Å². The Morgan fingerprint density at radius 2 is 0.725 bits per heavy atom. The SMILES string of the molecule is COc1cc2c(-c3ccc(C(=O)O)cc3)c3cc(OC)c(OC)cc3c(-c3ccc(C(=O)O)cc3)c2cc1OC. The van der Waals surface area contributed by atoms with Crippen molar-refractivity contribution >= 4 is 33.5 Å². The molecule has 0 unspecified atom stereocenters. The summed E-state index contributed by atoms with van der Waals surface area (Å²) in [5, 5.41) is 22.2. The van der Waals surface area contributed by atoms with E-state index in [0.29, 0.717) is 23.0 Å². The van der Waals surface area contributed by atoms with Crippen molar-refractivity contribution in [2.75, 3.05) is 28.4 Å². The maximum Gasteiger partial charge on any atom is 0.335 e. The molecule has 0 heterocycles. The summed E-state index contributed by atoms with van der Waals surface area (Å²) in [5.41, 5.74) is 3.57. The molecule has 0 aliphatic rings. The van der Waals surface area contributed by atoms with Gasteiger partial charge in [-0.25, -0.2) is 9.59 Å². The highest BCUT2D eigenvalue weighted by atomic mass is 16.5. The predicted molar refractivity (Wildman–Crippen MR) is 152 cm³/mol. The topological polar surface area (TPSA) is 112 Å². The molecule has 0 saturated carbocycles. The number of carboxylic acids is 2. The predicted octanol–water partition coefficient (Wildman–Crippen LogP) is 6.76. The lowest BCUT2D eigenvalue weighted by atomic mass is 9.85. The first-order chi connectivity index (χ1) is 19.3. The molecule has 8 nitrogen and oxygen atoms in total. The van der Waals surface area contributed by atoms with Crippen LogP contribution in [0.4, 0.5) is 0 Å². The van der Waals surface area contributed by atoms with E-state index in [4.69, 9.17) is 18.9 Å². The number of carboxylic acid groups (broad SMARTS) is 2. The first-order valence-electron chi connectivity index (χ1n) is 12.3. The van der Waals surface area contributed by atoms with Gasteiger partial charge in [-0.2, -0.15) is 0 Å². The van der Waals surface area contributed by atoms with Gasteiger partial charge in [0.2, 0.25) is 0 Å². The van der Waals surface area contributed by atoms with Crippen molar-refractivity contribution in [3.63, 3.8) is 0 Å². The summed E-state index contributed by atoms with van der Waals surface area (Å²) in [6, 6.07) is 20.9. The number of benzene rings is 5. The van der Waals surface area contributed by atoms with Gasteiger partial charge < -0.3 is 29.2 Å². The second kappa shape index (κ2) is 10.5. The smallest absolute Gasteiger partial charge is 0.335 e. The number of hydrogen-bond donors (Lipinski definition) is 2. The molecule has 0 amide bonds. The Morgan fingerprint density at radius 1 is 0.475 bits per heavy atom. The van der Waals surface area contributed by atoms with E-state index in [1.807, 2.05) is 24.3 Å².